The molecule has 1 amide bonds. The minimum Gasteiger partial charge on any atom is -0.497 e. The Labute approximate surface area is 211 Å². The Morgan fingerprint density at radius 1 is 1.00 bits per heavy atom. The van der Waals surface area contributed by atoms with Crippen LogP contribution in [-0.4, -0.2) is 36.3 Å². The van der Waals surface area contributed by atoms with Gasteiger partial charge < -0.3 is 13.9 Å². The summed E-state index contributed by atoms with van der Waals surface area (Å²) in [6.07, 6.45) is -8.69. The summed E-state index contributed by atoms with van der Waals surface area (Å²) in [7, 11) is 1.50. The molecule has 0 bridgehead atoms. The maximum Gasteiger partial charge on any atom is 0.416 e. The van der Waals surface area contributed by atoms with Crippen LogP contribution in [0.25, 0.3) is 0 Å². The van der Waals surface area contributed by atoms with Gasteiger partial charge in [0.1, 0.15) is 17.6 Å². The number of nitrogens with zero attached hydrogens (tertiary/aromatic N) is 2. The Balaban J connectivity index is 1.55. The minimum atomic E-state index is -5.15. The van der Waals surface area contributed by atoms with Gasteiger partial charge in [0.15, 0.2) is 6.61 Å². The van der Waals surface area contributed by atoms with Crippen LogP contribution in [0.5, 0.6) is 5.75 Å². The molecular weight excluding hydrogens is 522 g/mol. The van der Waals surface area contributed by atoms with Gasteiger partial charge in [0, 0.05) is 6.42 Å². The Hall–Kier alpha value is -4.29. The van der Waals surface area contributed by atoms with E-state index >= 15 is 0 Å². The second-order valence-corrected chi connectivity index (χ2v) is 8.12. The van der Waals surface area contributed by atoms with Crippen molar-refractivity contribution in [1.29, 1.82) is 0 Å². The summed E-state index contributed by atoms with van der Waals surface area (Å²) in [5, 5.41) is 5.30. The normalized spacial score (nSPS) is 15.8. The van der Waals surface area contributed by atoms with E-state index in [1.165, 1.54) is 13.4 Å². The molecule has 0 fully saturated rings. The fraction of sp³-hybridized carbons (Fsp3) is 0.240. The third-order valence-corrected chi connectivity index (χ3v) is 5.61. The van der Waals surface area contributed by atoms with Crippen molar-refractivity contribution >= 4 is 17.6 Å². The summed E-state index contributed by atoms with van der Waals surface area (Å²) >= 11 is 0. The first-order valence-corrected chi connectivity index (χ1v) is 10.9. The quantitative estimate of drug-likeness (QED) is 0.289. The van der Waals surface area contributed by atoms with Crippen molar-refractivity contribution in [2.45, 2.75) is 24.8 Å². The van der Waals surface area contributed by atoms with Crippen LogP contribution in [0.4, 0.5) is 26.3 Å². The molecule has 1 unspecified atom stereocenters. The SMILES string of the molecule is COc1ccc(C2=NN(C(=O)COC(=O)c3cc(C(F)(F)F)cc(C(F)(F)F)c3)C(c3ccco3)C2)cc1. The van der Waals surface area contributed by atoms with Gasteiger partial charge in [-0.2, -0.15) is 31.4 Å². The number of ether oxygens (including phenoxy) is 2. The Bertz CT molecular complexity index is 1320. The Morgan fingerprint density at radius 2 is 1.63 bits per heavy atom. The van der Waals surface area contributed by atoms with Gasteiger partial charge in [-0.1, -0.05) is 0 Å². The van der Waals surface area contributed by atoms with Crippen molar-refractivity contribution in [3.63, 3.8) is 0 Å². The fourth-order valence-corrected chi connectivity index (χ4v) is 3.75. The van der Waals surface area contributed by atoms with Gasteiger partial charge in [-0.3, -0.25) is 4.79 Å². The lowest BCUT2D eigenvalue weighted by Gasteiger charge is -2.20. The van der Waals surface area contributed by atoms with Crippen LogP contribution in [0.1, 0.15) is 45.3 Å². The molecule has 7 nitrogen and oxygen atoms in total. The predicted molar refractivity (Wildman–Crippen MR) is 119 cm³/mol. The Morgan fingerprint density at radius 3 is 2.16 bits per heavy atom. The first-order chi connectivity index (χ1) is 17.9. The zero-order chi connectivity index (χ0) is 27.7. The average molecular weight is 540 g/mol. The van der Waals surface area contributed by atoms with Crippen LogP contribution in [0, 0.1) is 0 Å². The maximum atomic E-state index is 13.1. The van der Waals surface area contributed by atoms with E-state index in [-0.39, 0.29) is 24.6 Å². The number of halogens is 6. The molecule has 0 radical (unpaired) electrons. The summed E-state index contributed by atoms with van der Waals surface area (Å²) < 4.78 is 93.9. The van der Waals surface area contributed by atoms with E-state index in [1.54, 1.807) is 36.4 Å². The number of esters is 1. The molecule has 1 aromatic heterocycles. The Kier molecular flexibility index (Phi) is 7.20. The van der Waals surface area contributed by atoms with E-state index in [2.05, 4.69) is 5.10 Å². The number of alkyl halides is 6. The van der Waals surface area contributed by atoms with Gasteiger partial charge in [0.25, 0.3) is 5.91 Å². The van der Waals surface area contributed by atoms with E-state index in [4.69, 9.17) is 13.9 Å². The maximum absolute atomic E-state index is 13.1. The van der Waals surface area contributed by atoms with Gasteiger partial charge >= 0.3 is 18.3 Å². The molecule has 0 spiro atoms. The molecule has 200 valence electrons. The second kappa shape index (κ2) is 10.2. The lowest BCUT2D eigenvalue weighted by atomic mass is 10.0. The highest BCUT2D eigenvalue weighted by atomic mass is 19.4. The van der Waals surface area contributed by atoms with E-state index in [1.807, 2.05) is 0 Å². The van der Waals surface area contributed by atoms with Crippen molar-refractivity contribution in [3.8, 4) is 5.75 Å². The van der Waals surface area contributed by atoms with Crippen molar-refractivity contribution < 1.29 is 49.8 Å². The number of carbonyl (C=O) groups is 2. The van der Waals surface area contributed by atoms with Crippen molar-refractivity contribution in [2.24, 2.45) is 5.10 Å². The molecule has 0 N–H and O–H groups in total. The number of furan rings is 1. The summed E-state index contributed by atoms with van der Waals surface area (Å²) in [6, 6.07) is 9.63. The topological polar surface area (TPSA) is 81.3 Å². The number of hydrogen-bond donors (Lipinski definition) is 0. The molecule has 1 atom stereocenters. The number of carbonyl (C=O) groups excluding carboxylic acids is 2. The standard InChI is InChI=1S/C25H18F6N2O5/c1-36-18-6-4-14(5-7-18)19-12-20(21-3-2-8-37-21)33(32-19)22(34)13-38-23(35)15-9-16(24(26,27)28)11-17(10-15)25(29,30)31/h2-11,20H,12-13H2,1H3. The number of hydrogen-bond acceptors (Lipinski definition) is 6. The number of amides is 1. The molecule has 4 rings (SSSR count). The molecule has 2 aromatic carbocycles. The van der Waals surface area contributed by atoms with Crippen molar-refractivity contribution in [1.82, 2.24) is 5.01 Å². The largest absolute Gasteiger partial charge is 0.497 e. The first-order valence-electron chi connectivity index (χ1n) is 10.9. The summed E-state index contributed by atoms with van der Waals surface area (Å²) in [5.41, 5.74) is -3.22. The molecule has 38 heavy (non-hydrogen) atoms. The number of methoxy groups -OCH3 is 1. The van der Waals surface area contributed by atoms with Gasteiger partial charge in [-0.05, 0) is 60.2 Å². The summed E-state index contributed by atoms with van der Waals surface area (Å²) in [5.74, 6) is -1.45. The van der Waals surface area contributed by atoms with Crippen molar-refractivity contribution in [2.75, 3.05) is 13.7 Å². The van der Waals surface area contributed by atoms with Gasteiger partial charge in [-0.25, -0.2) is 9.80 Å². The van der Waals surface area contributed by atoms with E-state index in [0.717, 1.165) is 5.01 Å². The fourth-order valence-electron chi connectivity index (χ4n) is 3.75. The van der Waals surface area contributed by atoms with Crippen LogP contribution in [0.3, 0.4) is 0 Å². The zero-order valence-corrected chi connectivity index (χ0v) is 19.5. The monoisotopic (exact) mass is 540 g/mol. The molecule has 0 saturated carbocycles. The molecule has 0 saturated heterocycles. The first kappa shape index (κ1) is 26.8. The predicted octanol–water partition coefficient (Wildman–Crippen LogP) is 5.86. The lowest BCUT2D eigenvalue weighted by molar-refractivity contribution is -0.143. The minimum absolute atomic E-state index is 0.116. The highest BCUT2D eigenvalue weighted by molar-refractivity contribution is 6.03. The third kappa shape index (κ3) is 5.82. The highest BCUT2D eigenvalue weighted by Crippen LogP contribution is 2.37. The molecule has 3 aromatic rings. The molecule has 13 heteroatoms. The highest BCUT2D eigenvalue weighted by Gasteiger charge is 2.38. The van der Waals surface area contributed by atoms with Crippen LogP contribution in [0.15, 0.2) is 70.4 Å². The third-order valence-electron chi connectivity index (χ3n) is 5.61. The van der Waals surface area contributed by atoms with E-state index in [9.17, 15) is 35.9 Å². The number of benzene rings is 2. The smallest absolute Gasteiger partial charge is 0.416 e. The molecule has 1 aliphatic heterocycles. The molecule has 0 aliphatic carbocycles. The van der Waals surface area contributed by atoms with Gasteiger partial charge in [0.05, 0.1) is 35.8 Å². The zero-order valence-electron chi connectivity index (χ0n) is 19.5. The summed E-state index contributed by atoms with van der Waals surface area (Å²) in [4.78, 5) is 25.3. The van der Waals surface area contributed by atoms with E-state index in [0.29, 0.717) is 22.8 Å². The lowest BCUT2D eigenvalue weighted by Crippen LogP contribution is -2.31. The molecule has 2 heterocycles. The van der Waals surface area contributed by atoms with Crippen LogP contribution in [0.2, 0.25) is 0 Å². The van der Waals surface area contributed by atoms with Gasteiger partial charge in [-0.15, -0.1) is 0 Å². The van der Waals surface area contributed by atoms with Crippen LogP contribution in [-0.2, 0) is 21.9 Å². The number of rotatable bonds is 6. The molecule has 1 aliphatic rings. The van der Waals surface area contributed by atoms with Gasteiger partial charge in [0.2, 0.25) is 0 Å². The second-order valence-electron chi connectivity index (χ2n) is 8.12. The number of hydrazone groups is 1. The van der Waals surface area contributed by atoms with Crippen molar-refractivity contribution in [3.05, 3.63) is 88.9 Å². The van der Waals surface area contributed by atoms with E-state index < -0.39 is 53.6 Å². The average Bonchev–Trinajstić information content (AvgIpc) is 3.56. The van der Waals surface area contributed by atoms with Crippen LogP contribution < -0.4 is 4.74 Å². The van der Waals surface area contributed by atoms with Crippen LogP contribution >= 0.6 is 0 Å². The molecular formula is C25H18F6N2O5. The summed E-state index contributed by atoms with van der Waals surface area (Å²) in [6.45, 7) is -0.993.